The summed E-state index contributed by atoms with van der Waals surface area (Å²) in [5.41, 5.74) is 0.165. The van der Waals surface area contributed by atoms with Crippen molar-refractivity contribution in [3.8, 4) is 0 Å². The molecule has 1 aromatic rings. The van der Waals surface area contributed by atoms with Gasteiger partial charge >= 0.3 is 11.7 Å². The number of rotatable bonds is 5. The largest absolute Gasteiger partial charge is 0.481 e. The molecule has 0 aliphatic heterocycles. The lowest BCUT2D eigenvalue weighted by atomic mass is 10.3. The molecular weight excluding hydrogens is 294 g/mol. The fourth-order valence-electron chi connectivity index (χ4n) is 1.30. The highest BCUT2D eigenvalue weighted by Crippen LogP contribution is 2.33. The van der Waals surface area contributed by atoms with E-state index in [4.69, 9.17) is 5.11 Å². The van der Waals surface area contributed by atoms with Crippen LogP contribution < -0.4 is 4.90 Å². The minimum absolute atomic E-state index is 0.0948. The highest BCUT2D eigenvalue weighted by molar-refractivity contribution is 9.10. The molecule has 1 aromatic heterocycles. The number of hydrogen-bond acceptors (Lipinski definition) is 5. The van der Waals surface area contributed by atoms with Gasteiger partial charge in [0.2, 0.25) is 0 Å². The van der Waals surface area contributed by atoms with Gasteiger partial charge in [-0.3, -0.25) is 19.9 Å². The van der Waals surface area contributed by atoms with Gasteiger partial charge in [-0.1, -0.05) is 0 Å². The van der Waals surface area contributed by atoms with E-state index in [0.717, 1.165) is 6.20 Å². The van der Waals surface area contributed by atoms with Crippen molar-refractivity contribution in [1.82, 2.24) is 4.98 Å². The third-order valence-corrected chi connectivity index (χ3v) is 2.67. The van der Waals surface area contributed by atoms with E-state index >= 15 is 0 Å². The number of aromatic nitrogens is 1. The number of halogens is 1. The molecule has 0 spiro atoms. The van der Waals surface area contributed by atoms with E-state index in [1.54, 1.807) is 7.05 Å². The van der Waals surface area contributed by atoms with Crippen molar-refractivity contribution in [3.63, 3.8) is 0 Å². The number of anilines is 1. The summed E-state index contributed by atoms with van der Waals surface area (Å²) in [5.74, 6) is -0.954. The zero-order valence-electron chi connectivity index (χ0n) is 8.96. The molecule has 1 rings (SSSR count). The van der Waals surface area contributed by atoms with Crippen LogP contribution in [0.25, 0.3) is 0 Å². The summed E-state index contributed by atoms with van der Waals surface area (Å²) in [6.45, 7) is 0.179. The maximum atomic E-state index is 10.8. The van der Waals surface area contributed by atoms with Gasteiger partial charge in [0.1, 0.15) is 11.9 Å². The molecule has 0 saturated heterocycles. The normalized spacial score (nSPS) is 10.0. The van der Waals surface area contributed by atoms with E-state index in [1.165, 1.54) is 11.1 Å². The van der Waals surface area contributed by atoms with Crippen molar-refractivity contribution in [2.24, 2.45) is 0 Å². The van der Waals surface area contributed by atoms with E-state index in [2.05, 4.69) is 20.9 Å². The van der Waals surface area contributed by atoms with Crippen LogP contribution in [0.15, 0.2) is 16.9 Å². The molecular formula is C9H10BrN3O4. The van der Waals surface area contributed by atoms with E-state index in [1.807, 2.05) is 0 Å². The Morgan fingerprint density at radius 3 is 2.82 bits per heavy atom. The zero-order chi connectivity index (χ0) is 13.0. The van der Waals surface area contributed by atoms with Gasteiger partial charge in [0.15, 0.2) is 0 Å². The number of carboxylic acids is 1. The summed E-state index contributed by atoms with van der Waals surface area (Å²) in [6, 6.07) is 0. The summed E-state index contributed by atoms with van der Waals surface area (Å²) in [7, 11) is 1.59. The van der Waals surface area contributed by atoms with Crippen LogP contribution in [0.5, 0.6) is 0 Å². The van der Waals surface area contributed by atoms with E-state index in [-0.39, 0.29) is 18.7 Å². The minimum atomic E-state index is -0.954. The molecule has 0 bridgehead atoms. The van der Waals surface area contributed by atoms with E-state index in [0.29, 0.717) is 10.2 Å². The summed E-state index contributed by atoms with van der Waals surface area (Å²) in [5, 5.41) is 19.4. The fraction of sp³-hybridized carbons (Fsp3) is 0.333. The second-order valence-corrected chi connectivity index (χ2v) is 4.17. The van der Waals surface area contributed by atoms with Crippen molar-refractivity contribution in [2.75, 3.05) is 18.5 Å². The third-order valence-electron chi connectivity index (χ3n) is 2.09. The van der Waals surface area contributed by atoms with Gasteiger partial charge in [0, 0.05) is 19.8 Å². The molecule has 0 unspecified atom stereocenters. The monoisotopic (exact) mass is 303 g/mol. The maximum absolute atomic E-state index is 10.8. The van der Waals surface area contributed by atoms with Crippen LogP contribution in [-0.4, -0.2) is 34.6 Å². The van der Waals surface area contributed by atoms with Crippen LogP contribution in [0.3, 0.4) is 0 Å². The van der Waals surface area contributed by atoms with Gasteiger partial charge in [0.25, 0.3) is 0 Å². The number of carboxylic acid groups (broad SMARTS) is 1. The molecule has 0 fully saturated rings. The lowest BCUT2D eigenvalue weighted by Crippen LogP contribution is -2.22. The topological polar surface area (TPSA) is 96.6 Å². The average Bonchev–Trinajstić information content (AvgIpc) is 2.25. The molecule has 0 saturated carbocycles. The van der Waals surface area contributed by atoms with Gasteiger partial charge < -0.3 is 10.0 Å². The molecule has 7 nitrogen and oxygen atoms in total. The standard InChI is InChI=1S/C9H10BrN3O4/c1-12(3-2-8(14)15)9-6(10)4-11-5-7(9)13(16)17/h4-5H,2-3H2,1H3,(H,14,15). The summed E-state index contributed by atoms with van der Waals surface area (Å²) < 4.78 is 0.458. The fourth-order valence-corrected chi connectivity index (χ4v) is 1.93. The number of hydrogen-bond donors (Lipinski definition) is 1. The lowest BCUT2D eigenvalue weighted by Gasteiger charge is -2.19. The van der Waals surface area contributed by atoms with Gasteiger partial charge in [-0.15, -0.1) is 0 Å². The lowest BCUT2D eigenvalue weighted by molar-refractivity contribution is -0.384. The van der Waals surface area contributed by atoms with Gasteiger partial charge in [-0.2, -0.15) is 0 Å². The Bertz CT molecular complexity index is 452. The van der Waals surface area contributed by atoms with Crippen molar-refractivity contribution in [1.29, 1.82) is 0 Å². The quantitative estimate of drug-likeness (QED) is 0.656. The predicted molar refractivity (Wildman–Crippen MR) is 64.1 cm³/mol. The van der Waals surface area contributed by atoms with Crippen LogP contribution in [0.4, 0.5) is 11.4 Å². The van der Waals surface area contributed by atoms with Crippen LogP contribution in [0.1, 0.15) is 6.42 Å². The van der Waals surface area contributed by atoms with Crippen LogP contribution >= 0.6 is 15.9 Å². The molecule has 0 radical (unpaired) electrons. The number of nitro groups is 1. The van der Waals surface area contributed by atoms with Crippen LogP contribution in [-0.2, 0) is 4.79 Å². The maximum Gasteiger partial charge on any atom is 0.311 e. The van der Waals surface area contributed by atoms with Crippen LogP contribution in [0, 0.1) is 10.1 Å². The van der Waals surface area contributed by atoms with Crippen molar-refractivity contribution < 1.29 is 14.8 Å². The Labute approximate surface area is 105 Å². The SMILES string of the molecule is CN(CCC(=O)O)c1c(Br)cncc1[N+](=O)[O-]. The molecule has 17 heavy (non-hydrogen) atoms. The number of aliphatic carboxylic acids is 1. The smallest absolute Gasteiger partial charge is 0.311 e. The second kappa shape index (κ2) is 5.58. The molecule has 0 aliphatic rings. The minimum Gasteiger partial charge on any atom is -0.481 e. The van der Waals surface area contributed by atoms with Crippen molar-refractivity contribution >= 4 is 33.3 Å². The van der Waals surface area contributed by atoms with E-state index < -0.39 is 10.9 Å². The Morgan fingerprint density at radius 2 is 2.29 bits per heavy atom. The third kappa shape index (κ3) is 3.38. The van der Waals surface area contributed by atoms with E-state index in [9.17, 15) is 14.9 Å². The first kappa shape index (κ1) is 13.4. The van der Waals surface area contributed by atoms with Crippen LogP contribution in [0.2, 0.25) is 0 Å². The van der Waals surface area contributed by atoms with Crippen molar-refractivity contribution in [3.05, 3.63) is 27.0 Å². The highest BCUT2D eigenvalue weighted by atomic mass is 79.9. The Balaban J connectivity index is 3.02. The molecule has 0 atom stereocenters. The summed E-state index contributed by atoms with van der Waals surface area (Å²) >= 11 is 3.17. The van der Waals surface area contributed by atoms with Gasteiger partial charge in [0.05, 0.1) is 15.8 Å². The molecule has 8 heteroatoms. The zero-order valence-corrected chi connectivity index (χ0v) is 10.5. The Kier molecular flexibility index (Phi) is 4.38. The molecule has 1 N–H and O–H groups in total. The van der Waals surface area contributed by atoms with Gasteiger partial charge in [-0.05, 0) is 15.9 Å². The first-order chi connectivity index (χ1) is 7.93. The first-order valence-corrected chi connectivity index (χ1v) is 5.43. The molecule has 1 heterocycles. The molecule has 0 aromatic carbocycles. The number of pyridine rings is 1. The predicted octanol–water partition coefficient (Wildman–Crippen LogP) is 1.66. The van der Waals surface area contributed by atoms with Gasteiger partial charge in [-0.25, -0.2) is 0 Å². The number of carbonyl (C=O) groups is 1. The Hall–Kier alpha value is -1.70. The average molecular weight is 304 g/mol. The molecule has 92 valence electrons. The summed E-state index contributed by atoms with van der Waals surface area (Å²) in [6.07, 6.45) is 2.47. The van der Waals surface area contributed by atoms with Crippen molar-refractivity contribution in [2.45, 2.75) is 6.42 Å². The number of nitrogens with zero attached hydrogens (tertiary/aromatic N) is 3. The molecule has 0 aliphatic carbocycles. The first-order valence-electron chi connectivity index (χ1n) is 4.64. The second-order valence-electron chi connectivity index (χ2n) is 3.31. The summed E-state index contributed by atoms with van der Waals surface area (Å²) in [4.78, 5) is 25.9. The molecule has 0 amide bonds. The Morgan fingerprint density at radius 1 is 1.65 bits per heavy atom. The highest BCUT2D eigenvalue weighted by Gasteiger charge is 2.21.